The monoisotopic (exact) mass is 384 g/mol. The molecule has 0 saturated heterocycles. The standard InChI is InChI=1S/C19H20N4O3S/c1-10-18(27-11(2)21-10)14(24)9-17-22-13-8-16(26-4)15(25-3)7-12(13)19-20-5-6-23(17)19/h7-9,24H,5-6H2,1-4H3/b14-9-. The zero-order chi connectivity index (χ0) is 19.1. The van der Waals surface area contributed by atoms with Crippen molar-refractivity contribution in [3.8, 4) is 11.5 Å². The van der Waals surface area contributed by atoms with Crippen molar-refractivity contribution in [2.24, 2.45) is 9.98 Å². The van der Waals surface area contributed by atoms with Crippen LogP contribution in [0.5, 0.6) is 11.5 Å². The summed E-state index contributed by atoms with van der Waals surface area (Å²) < 4.78 is 10.8. The fourth-order valence-corrected chi connectivity index (χ4v) is 4.13. The summed E-state index contributed by atoms with van der Waals surface area (Å²) in [6, 6.07) is 3.73. The number of hydrogen-bond acceptors (Lipinski definition) is 8. The van der Waals surface area contributed by atoms with Gasteiger partial charge in [0.05, 0.1) is 42.0 Å². The summed E-state index contributed by atoms with van der Waals surface area (Å²) >= 11 is 1.46. The molecule has 0 saturated carbocycles. The van der Waals surface area contributed by atoms with Crippen molar-refractivity contribution in [3.05, 3.63) is 39.4 Å². The van der Waals surface area contributed by atoms with E-state index in [4.69, 9.17) is 14.5 Å². The number of aliphatic hydroxyl groups is 1. The highest BCUT2D eigenvalue weighted by Crippen LogP contribution is 2.39. The maximum Gasteiger partial charge on any atom is 0.162 e. The quantitative estimate of drug-likeness (QED) is 0.817. The molecule has 7 nitrogen and oxygen atoms in total. The van der Waals surface area contributed by atoms with E-state index < -0.39 is 0 Å². The number of benzene rings is 1. The van der Waals surface area contributed by atoms with Crippen molar-refractivity contribution in [1.29, 1.82) is 0 Å². The number of aliphatic imine (C=N–C) groups is 2. The van der Waals surface area contributed by atoms with E-state index >= 15 is 0 Å². The second-order valence-corrected chi connectivity index (χ2v) is 7.43. The first-order valence-corrected chi connectivity index (χ1v) is 9.35. The minimum Gasteiger partial charge on any atom is -0.506 e. The van der Waals surface area contributed by atoms with E-state index in [-0.39, 0.29) is 5.76 Å². The van der Waals surface area contributed by atoms with E-state index in [2.05, 4.69) is 9.98 Å². The molecule has 8 heteroatoms. The van der Waals surface area contributed by atoms with E-state index in [1.807, 2.05) is 30.9 Å². The molecule has 2 aliphatic rings. The molecule has 0 radical (unpaired) electrons. The van der Waals surface area contributed by atoms with Gasteiger partial charge in [-0.15, -0.1) is 11.3 Å². The van der Waals surface area contributed by atoms with Crippen LogP contribution in [-0.4, -0.2) is 54.0 Å². The first kappa shape index (κ1) is 17.5. The van der Waals surface area contributed by atoms with Gasteiger partial charge in [-0.25, -0.2) is 9.98 Å². The lowest BCUT2D eigenvalue weighted by Crippen LogP contribution is -2.36. The highest BCUT2D eigenvalue weighted by atomic mass is 32.1. The molecule has 0 fully saturated rings. The van der Waals surface area contributed by atoms with Gasteiger partial charge in [-0.3, -0.25) is 4.99 Å². The van der Waals surface area contributed by atoms with Crippen LogP contribution < -0.4 is 9.47 Å². The van der Waals surface area contributed by atoms with Crippen molar-refractivity contribution >= 4 is 34.5 Å². The van der Waals surface area contributed by atoms with Crippen LogP contribution in [0.3, 0.4) is 0 Å². The summed E-state index contributed by atoms with van der Waals surface area (Å²) in [4.78, 5) is 16.5. The molecule has 2 aromatic rings. The minimum absolute atomic E-state index is 0.159. The summed E-state index contributed by atoms with van der Waals surface area (Å²) in [5, 5.41) is 11.6. The van der Waals surface area contributed by atoms with Crippen LogP contribution in [0.1, 0.15) is 21.1 Å². The van der Waals surface area contributed by atoms with Crippen molar-refractivity contribution in [1.82, 2.24) is 9.88 Å². The van der Waals surface area contributed by atoms with Crippen molar-refractivity contribution < 1.29 is 14.6 Å². The molecule has 1 aromatic heterocycles. The number of nitrogens with zero attached hydrogens (tertiary/aromatic N) is 4. The van der Waals surface area contributed by atoms with E-state index in [0.29, 0.717) is 30.4 Å². The second kappa shape index (κ2) is 6.70. The minimum atomic E-state index is 0.159. The summed E-state index contributed by atoms with van der Waals surface area (Å²) in [6.07, 6.45) is 1.68. The van der Waals surface area contributed by atoms with Gasteiger partial charge < -0.3 is 19.5 Å². The predicted molar refractivity (Wildman–Crippen MR) is 107 cm³/mol. The van der Waals surface area contributed by atoms with Gasteiger partial charge in [-0.2, -0.15) is 0 Å². The molecule has 0 amide bonds. The second-order valence-electron chi connectivity index (χ2n) is 6.23. The lowest BCUT2D eigenvalue weighted by atomic mass is 10.1. The molecule has 0 aliphatic carbocycles. The lowest BCUT2D eigenvalue weighted by Gasteiger charge is -2.26. The number of fused-ring (bicyclic) bond motifs is 3. The Morgan fingerprint density at radius 2 is 1.96 bits per heavy atom. The number of aromatic nitrogens is 1. The summed E-state index contributed by atoms with van der Waals surface area (Å²) in [5.74, 6) is 2.88. The molecule has 2 aliphatic heterocycles. The Hall–Kier alpha value is -2.87. The van der Waals surface area contributed by atoms with Crippen molar-refractivity contribution in [2.75, 3.05) is 27.3 Å². The Bertz CT molecular complexity index is 1010. The van der Waals surface area contributed by atoms with Gasteiger partial charge in [0.15, 0.2) is 11.5 Å². The van der Waals surface area contributed by atoms with E-state index in [9.17, 15) is 5.11 Å². The number of aryl methyl sites for hydroxylation is 2. The first-order chi connectivity index (χ1) is 13.0. The number of ether oxygens (including phenoxy) is 2. The highest BCUT2D eigenvalue weighted by molar-refractivity contribution is 7.12. The zero-order valence-electron chi connectivity index (χ0n) is 15.6. The molecule has 0 bridgehead atoms. The third kappa shape index (κ3) is 2.95. The summed E-state index contributed by atoms with van der Waals surface area (Å²) in [6.45, 7) is 5.20. The molecular formula is C19H20N4O3S. The topological polar surface area (TPSA) is 79.5 Å². The predicted octanol–water partition coefficient (Wildman–Crippen LogP) is 3.48. The van der Waals surface area contributed by atoms with Crippen LogP contribution in [0.2, 0.25) is 0 Å². The molecule has 1 aromatic carbocycles. The number of thiazole rings is 1. The number of rotatable bonds is 4. The maximum atomic E-state index is 10.7. The van der Waals surface area contributed by atoms with Crippen LogP contribution in [-0.2, 0) is 0 Å². The average Bonchev–Trinajstić information content (AvgIpc) is 3.27. The van der Waals surface area contributed by atoms with Crippen LogP contribution in [0.15, 0.2) is 28.2 Å². The van der Waals surface area contributed by atoms with Crippen LogP contribution in [0.4, 0.5) is 5.69 Å². The molecule has 27 heavy (non-hydrogen) atoms. The van der Waals surface area contributed by atoms with Gasteiger partial charge in [0.2, 0.25) is 0 Å². The summed E-state index contributed by atoms with van der Waals surface area (Å²) in [7, 11) is 3.20. The van der Waals surface area contributed by atoms with Gasteiger partial charge in [0.1, 0.15) is 17.4 Å². The zero-order valence-corrected chi connectivity index (χ0v) is 16.4. The molecule has 1 N–H and O–H groups in total. The Kier molecular flexibility index (Phi) is 4.35. The first-order valence-electron chi connectivity index (χ1n) is 8.54. The van der Waals surface area contributed by atoms with Gasteiger partial charge in [-0.1, -0.05) is 0 Å². The molecule has 0 atom stereocenters. The maximum absolute atomic E-state index is 10.7. The Morgan fingerprint density at radius 3 is 2.63 bits per heavy atom. The van der Waals surface area contributed by atoms with Gasteiger partial charge in [-0.05, 0) is 19.9 Å². The smallest absolute Gasteiger partial charge is 0.162 e. The number of aliphatic hydroxyl groups excluding tert-OH is 1. The van der Waals surface area contributed by atoms with Crippen molar-refractivity contribution in [3.63, 3.8) is 0 Å². The third-order valence-electron chi connectivity index (χ3n) is 4.50. The van der Waals surface area contributed by atoms with E-state index in [1.165, 1.54) is 11.3 Å². The fourth-order valence-electron chi connectivity index (χ4n) is 3.29. The Labute approximate surface area is 161 Å². The van der Waals surface area contributed by atoms with Crippen LogP contribution in [0, 0.1) is 13.8 Å². The summed E-state index contributed by atoms with van der Waals surface area (Å²) in [5.41, 5.74) is 2.44. The third-order valence-corrected chi connectivity index (χ3v) is 5.59. The molecule has 4 rings (SSSR count). The van der Waals surface area contributed by atoms with Crippen molar-refractivity contribution in [2.45, 2.75) is 13.8 Å². The number of methoxy groups -OCH3 is 2. The van der Waals surface area contributed by atoms with Gasteiger partial charge >= 0.3 is 0 Å². The SMILES string of the molecule is COc1cc2c(cc1OC)C1=NCCN1C(/C=C(\O)c1sc(C)nc1C)=N2. The molecular weight excluding hydrogens is 364 g/mol. The van der Waals surface area contributed by atoms with E-state index in [0.717, 1.165) is 32.7 Å². The normalized spacial score (nSPS) is 15.9. The van der Waals surface area contributed by atoms with Gasteiger partial charge in [0, 0.05) is 24.3 Å². The van der Waals surface area contributed by atoms with E-state index in [1.54, 1.807) is 20.3 Å². The Morgan fingerprint density at radius 1 is 1.22 bits per heavy atom. The molecule has 0 unspecified atom stereocenters. The highest BCUT2D eigenvalue weighted by Gasteiger charge is 2.30. The molecule has 3 heterocycles. The molecule has 140 valence electrons. The fraction of sp³-hybridized carbons (Fsp3) is 0.316. The van der Waals surface area contributed by atoms with Crippen LogP contribution in [0.25, 0.3) is 5.76 Å². The van der Waals surface area contributed by atoms with Gasteiger partial charge in [0.25, 0.3) is 0 Å². The lowest BCUT2D eigenvalue weighted by molar-refractivity contribution is 0.355. The molecule has 0 spiro atoms. The van der Waals surface area contributed by atoms with Crippen LogP contribution >= 0.6 is 11.3 Å². The number of amidine groups is 2. The largest absolute Gasteiger partial charge is 0.506 e. The Balaban J connectivity index is 1.83. The number of hydrogen-bond donors (Lipinski definition) is 1. The average molecular weight is 384 g/mol.